The van der Waals surface area contributed by atoms with Gasteiger partial charge in [0.25, 0.3) is 0 Å². The average molecular weight is 468 g/mol. The van der Waals surface area contributed by atoms with Gasteiger partial charge >= 0.3 is 5.97 Å². The van der Waals surface area contributed by atoms with E-state index in [0.29, 0.717) is 25.2 Å². The lowest BCUT2D eigenvalue weighted by Crippen LogP contribution is -2.43. The molecule has 0 saturated heterocycles. The third-order valence-corrected chi connectivity index (χ3v) is 7.59. The van der Waals surface area contributed by atoms with E-state index in [0.717, 1.165) is 6.42 Å². The van der Waals surface area contributed by atoms with E-state index in [9.17, 15) is 24.9 Å². The number of carboxylic acids is 1. The summed E-state index contributed by atoms with van der Waals surface area (Å²) in [6, 6.07) is 0. The number of rotatable bonds is 10. The molecule has 33 heavy (non-hydrogen) atoms. The zero-order valence-corrected chi connectivity index (χ0v) is 21.4. The maximum absolute atomic E-state index is 12.9. The van der Waals surface area contributed by atoms with Crippen molar-refractivity contribution in [1.82, 2.24) is 6.15 Å². The summed E-state index contributed by atoms with van der Waals surface area (Å²) in [5.41, 5.74) is 0.664. The number of esters is 1. The first kappa shape index (κ1) is 29.3. The number of ether oxygens (including phenoxy) is 1. The van der Waals surface area contributed by atoms with Gasteiger partial charge in [-0.05, 0) is 69.3 Å². The SMILES string of the molecule is CCC(C)(C)C(=O)O[C@H]1C[C@@H](C)C=C2C=C[C@H](C)C(CCC(O)C[C@@H](O)[C@@H](C)C(=O)[O-])C21.[NH4+]. The normalized spacial score (nSPS) is 29.7. The van der Waals surface area contributed by atoms with Gasteiger partial charge in [0.15, 0.2) is 0 Å². The monoisotopic (exact) mass is 467 g/mol. The van der Waals surface area contributed by atoms with Crippen molar-refractivity contribution in [2.45, 2.75) is 92.0 Å². The highest BCUT2D eigenvalue weighted by atomic mass is 16.5. The summed E-state index contributed by atoms with van der Waals surface area (Å²) in [6.45, 7) is 11.5. The van der Waals surface area contributed by atoms with Crippen molar-refractivity contribution in [2.24, 2.45) is 35.0 Å². The molecule has 2 rings (SSSR count). The van der Waals surface area contributed by atoms with Gasteiger partial charge in [-0.1, -0.05) is 45.9 Å². The van der Waals surface area contributed by atoms with E-state index in [4.69, 9.17) is 4.74 Å². The van der Waals surface area contributed by atoms with Crippen LogP contribution in [0.1, 0.15) is 73.6 Å². The van der Waals surface area contributed by atoms with Gasteiger partial charge in [0, 0.05) is 17.8 Å². The summed E-state index contributed by atoms with van der Waals surface area (Å²) in [6.07, 6.45) is 7.06. The molecule has 190 valence electrons. The molecule has 0 spiro atoms. The number of hydrogen-bond donors (Lipinski definition) is 3. The van der Waals surface area contributed by atoms with Crippen LogP contribution in [-0.4, -0.2) is 40.5 Å². The van der Waals surface area contributed by atoms with Crippen LogP contribution in [0.5, 0.6) is 0 Å². The molecule has 0 aromatic rings. The lowest BCUT2D eigenvalue weighted by atomic mass is 9.65. The first-order chi connectivity index (χ1) is 14.9. The van der Waals surface area contributed by atoms with Crippen LogP contribution in [0, 0.1) is 35.0 Å². The van der Waals surface area contributed by atoms with Crippen molar-refractivity contribution >= 4 is 11.9 Å². The Bertz CT molecular complexity index is 730. The molecule has 0 aromatic carbocycles. The molecule has 2 aliphatic carbocycles. The van der Waals surface area contributed by atoms with Crippen molar-refractivity contribution in [3.8, 4) is 0 Å². The maximum atomic E-state index is 12.9. The number of carbonyl (C=O) groups excluding carboxylic acids is 2. The Hall–Kier alpha value is -1.70. The molecule has 0 bridgehead atoms. The number of fused-ring (bicyclic) bond motifs is 1. The third kappa shape index (κ3) is 7.39. The van der Waals surface area contributed by atoms with Crippen LogP contribution in [-0.2, 0) is 14.3 Å². The minimum Gasteiger partial charge on any atom is -0.550 e. The summed E-state index contributed by atoms with van der Waals surface area (Å²) < 4.78 is 6.11. The molecule has 2 aliphatic rings. The van der Waals surface area contributed by atoms with Gasteiger partial charge < -0.3 is 31.0 Å². The van der Waals surface area contributed by atoms with E-state index in [1.807, 2.05) is 20.8 Å². The highest BCUT2D eigenvalue weighted by Crippen LogP contribution is 2.45. The van der Waals surface area contributed by atoms with Gasteiger partial charge in [-0.15, -0.1) is 0 Å². The molecule has 0 heterocycles. The van der Waals surface area contributed by atoms with E-state index in [-0.39, 0.29) is 42.4 Å². The second-order valence-corrected chi connectivity index (χ2v) is 10.6. The van der Waals surface area contributed by atoms with Crippen LogP contribution < -0.4 is 11.3 Å². The van der Waals surface area contributed by atoms with Crippen LogP contribution in [0.25, 0.3) is 0 Å². The molecule has 0 fully saturated rings. The highest BCUT2D eigenvalue weighted by Gasteiger charge is 2.42. The second-order valence-electron chi connectivity index (χ2n) is 10.6. The van der Waals surface area contributed by atoms with E-state index in [1.165, 1.54) is 12.5 Å². The van der Waals surface area contributed by atoms with Gasteiger partial charge in [-0.3, -0.25) is 4.79 Å². The third-order valence-electron chi connectivity index (χ3n) is 7.59. The van der Waals surface area contributed by atoms with E-state index in [2.05, 4.69) is 32.1 Å². The Kier molecular flexibility index (Phi) is 10.8. The lowest BCUT2D eigenvalue weighted by Gasteiger charge is -2.44. The minimum atomic E-state index is -1.32. The summed E-state index contributed by atoms with van der Waals surface area (Å²) in [5.74, 6) is -1.69. The van der Waals surface area contributed by atoms with Crippen LogP contribution >= 0.6 is 0 Å². The van der Waals surface area contributed by atoms with Gasteiger partial charge in [-0.25, -0.2) is 0 Å². The fourth-order valence-electron chi connectivity index (χ4n) is 4.81. The first-order valence-electron chi connectivity index (χ1n) is 12.0. The summed E-state index contributed by atoms with van der Waals surface area (Å²) >= 11 is 0. The zero-order valence-electron chi connectivity index (χ0n) is 21.4. The predicted molar refractivity (Wildman–Crippen MR) is 127 cm³/mol. The number of aliphatic hydroxyl groups excluding tert-OH is 2. The highest BCUT2D eigenvalue weighted by molar-refractivity contribution is 5.76. The van der Waals surface area contributed by atoms with Crippen LogP contribution in [0.2, 0.25) is 0 Å². The van der Waals surface area contributed by atoms with Gasteiger partial charge in [-0.2, -0.15) is 0 Å². The van der Waals surface area contributed by atoms with E-state index >= 15 is 0 Å². The quantitative estimate of drug-likeness (QED) is 0.420. The Labute approximate surface area is 198 Å². The number of carboxylic acid groups (broad SMARTS) is 1. The van der Waals surface area contributed by atoms with Gasteiger partial charge in [0.1, 0.15) is 6.10 Å². The molecule has 6 N–H and O–H groups in total. The number of allylic oxidation sites excluding steroid dienone is 3. The average Bonchev–Trinajstić information content (AvgIpc) is 2.72. The molecule has 0 aliphatic heterocycles. The summed E-state index contributed by atoms with van der Waals surface area (Å²) in [5, 5.41) is 31.5. The van der Waals surface area contributed by atoms with Gasteiger partial charge in [0.2, 0.25) is 0 Å². The molecule has 0 aromatic heterocycles. The molecule has 0 radical (unpaired) electrons. The Morgan fingerprint density at radius 2 is 1.91 bits per heavy atom. The minimum absolute atomic E-state index is 0. The topological polar surface area (TPSA) is 143 Å². The number of aliphatic hydroxyl groups is 2. The Morgan fingerprint density at radius 3 is 2.48 bits per heavy atom. The van der Waals surface area contributed by atoms with Crippen molar-refractivity contribution in [3.05, 3.63) is 23.8 Å². The molecule has 3 unspecified atom stereocenters. The fourth-order valence-corrected chi connectivity index (χ4v) is 4.81. The lowest BCUT2D eigenvalue weighted by molar-refractivity contribution is -0.313. The molecule has 0 amide bonds. The van der Waals surface area contributed by atoms with Crippen molar-refractivity contribution in [3.63, 3.8) is 0 Å². The zero-order chi connectivity index (χ0) is 24.2. The van der Waals surface area contributed by atoms with E-state index in [1.54, 1.807) is 0 Å². The molecule has 8 atom stereocenters. The Morgan fingerprint density at radius 1 is 1.27 bits per heavy atom. The molecular formula is C26H45NO6. The maximum Gasteiger partial charge on any atom is 0.311 e. The number of hydrogen-bond acceptors (Lipinski definition) is 6. The first-order valence-corrected chi connectivity index (χ1v) is 12.0. The largest absolute Gasteiger partial charge is 0.550 e. The Balaban J connectivity index is 0.00000544. The standard InChI is InChI=1S/C26H42O6.H3N/c1-7-26(5,6)25(31)32-22-13-15(2)12-18-9-8-16(3)20(23(18)22)11-10-19(27)14-21(28)17(4)24(29)30;/h8-9,12,15-17,19-23,27-28H,7,10-11,13-14H2,1-6H3,(H,29,30);1H3/t15-,16-,17+,19?,20?,21+,22-,23?;/m0./s1. The van der Waals surface area contributed by atoms with Crippen molar-refractivity contribution in [2.75, 3.05) is 0 Å². The predicted octanol–water partition coefficient (Wildman–Crippen LogP) is 3.39. The second kappa shape index (κ2) is 12.1. The molecule has 7 nitrogen and oxygen atoms in total. The smallest absolute Gasteiger partial charge is 0.311 e. The number of carbonyl (C=O) groups is 2. The van der Waals surface area contributed by atoms with Crippen molar-refractivity contribution < 1.29 is 29.6 Å². The van der Waals surface area contributed by atoms with Crippen molar-refractivity contribution in [1.29, 1.82) is 0 Å². The number of aliphatic carboxylic acids is 1. The van der Waals surface area contributed by atoms with Crippen LogP contribution in [0.15, 0.2) is 23.8 Å². The molecule has 0 saturated carbocycles. The fraction of sp³-hybridized carbons (Fsp3) is 0.769. The summed E-state index contributed by atoms with van der Waals surface area (Å²) in [7, 11) is 0. The van der Waals surface area contributed by atoms with E-state index < -0.39 is 29.5 Å². The van der Waals surface area contributed by atoms with Crippen LogP contribution in [0.4, 0.5) is 0 Å². The van der Waals surface area contributed by atoms with Crippen LogP contribution in [0.3, 0.4) is 0 Å². The summed E-state index contributed by atoms with van der Waals surface area (Å²) in [4.78, 5) is 23.8. The molecule has 7 heteroatoms. The molecular weight excluding hydrogens is 422 g/mol. The van der Waals surface area contributed by atoms with Gasteiger partial charge in [0.05, 0.1) is 17.6 Å². The number of quaternary nitrogens is 1.